The van der Waals surface area contributed by atoms with E-state index in [-0.39, 0.29) is 11.1 Å². The number of hydrogen-bond acceptors (Lipinski definition) is 4. The van der Waals surface area contributed by atoms with Crippen LogP contribution in [0.3, 0.4) is 0 Å². The normalized spacial score (nSPS) is 6.47. The van der Waals surface area contributed by atoms with Crippen LogP contribution in [0.15, 0.2) is 29.9 Å². The Kier molecular flexibility index (Phi) is 9.68. The molecule has 0 amide bonds. The molecule has 0 heterocycles. The molecule has 0 radical (unpaired) electrons. The van der Waals surface area contributed by atoms with Gasteiger partial charge in [0.1, 0.15) is 17.8 Å². The van der Waals surface area contributed by atoms with Gasteiger partial charge in [0.15, 0.2) is 0 Å². The summed E-state index contributed by atoms with van der Waals surface area (Å²) in [5.74, 6) is 3.04. The van der Waals surface area contributed by atoms with E-state index in [9.17, 15) is 19.2 Å². The number of hydrogen-bond donors (Lipinski definition) is 1. The lowest BCUT2D eigenvalue weighted by Gasteiger charge is -1.79. The van der Waals surface area contributed by atoms with E-state index in [0.717, 1.165) is 12.2 Å². The maximum atomic E-state index is 9.70. The first kappa shape index (κ1) is 15.1. The molecule has 0 bridgehead atoms. The maximum absolute atomic E-state index is 9.70. The smallest absolute Gasteiger partial charge is 0.330 e. The molecule has 15 heavy (non-hydrogen) atoms. The number of aliphatic carboxylic acids is 1. The van der Waals surface area contributed by atoms with Crippen molar-refractivity contribution in [2.45, 2.75) is 6.92 Å². The highest BCUT2D eigenvalue weighted by Gasteiger charge is 1.90. The Morgan fingerprint density at radius 2 is 1.53 bits per heavy atom. The van der Waals surface area contributed by atoms with Crippen LogP contribution in [-0.4, -0.2) is 28.9 Å². The van der Waals surface area contributed by atoms with Crippen molar-refractivity contribution in [1.29, 1.82) is 0 Å². The Morgan fingerprint density at radius 1 is 1.20 bits per heavy atom. The molecule has 0 spiro atoms. The lowest BCUT2D eigenvalue weighted by Crippen LogP contribution is -1.92. The molecule has 0 aliphatic heterocycles. The van der Waals surface area contributed by atoms with Crippen molar-refractivity contribution in [3.05, 3.63) is 29.9 Å². The molecule has 0 saturated carbocycles. The van der Waals surface area contributed by atoms with Gasteiger partial charge in [-0.05, 0) is 6.92 Å². The third kappa shape index (κ3) is 11.6. The molecule has 0 aromatic heterocycles. The lowest BCUT2D eigenvalue weighted by atomic mass is 10.3. The van der Waals surface area contributed by atoms with Crippen molar-refractivity contribution in [2.24, 2.45) is 0 Å². The van der Waals surface area contributed by atoms with Crippen LogP contribution < -0.4 is 0 Å². The maximum Gasteiger partial charge on any atom is 0.330 e. The zero-order valence-corrected chi connectivity index (χ0v) is 7.94. The minimum absolute atomic E-state index is 0.153. The number of carboxylic acid groups (broad SMARTS) is 1. The molecule has 0 aromatic rings. The fourth-order valence-electron chi connectivity index (χ4n) is 0.228. The predicted octanol–water partition coefficient (Wildman–Crippen LogP) is 0.167. The van der Waals surface area contributed by atoms with Gasteiger partial charge in [-0.15, -0.1) is 0 Å². The summed E-state index contributed by atoms with van der Waals surface area (Å²) >= 11 is 0. The summed E-state index contributed by atoms with van der Waals surface area (Å²) in [4.78, 5) is 38.3. The van der Waals surface area contributed by atoms with Crippen molar-refractivity contribution in [3.63, 3.8) is 0 Å². The average molecular weight is 208 g/mol. The third-order valence-corrected chi connectivity index (χ3v) is 0.912. The van der Waals surface area contributed by atoms with Gasteiger partial charge < -0.3 is 5.11 Å². The van der Waals surface area contributed by atoms with Gasteiger partial charge in [-0.2, -0.15) is 0 Å². The highest BCUT2D eigenvalue weighted by molar-refractivity contribution is 5.84. The van der Waals surface area contributed by atoms with Gasteiger partial charge in [0.05, 0.1) is 5.57 Å². The molecule has 0 rings (SSSR count). The highest BCUT2D eigenvalue weighted by atomic mass is 16.4. The number of rotatable bonds is 3. The highest BCUT2D eigenvalue weighted by Crippen LogP contribution is 1.84. The monoisotopic (exact) mass is 208 g/mol. The summed E-state index contributed by atoms with van der Waals surface area (Å²) in [6.07, 6.45) is 1.61. The van der Waals surface area contributed by atoms with Crippen LogP contribution in [0.4, 0.5) is 0 Å². The molecule has 1 N–H and O–H groups in total. The first-order valence-corrected chi connectivity index (χ1v) is 3.55. The molecule has 0 unspecified atom stereocenters. The summed E-state index contributed by atoms with van der Waals surface area (Å²) in [5.41, 5.74) is 0.0231. The zero-order chi connectivity index (χ0) is 12.3. The standard InChI is InChI=1S/C6H2O3.C4H6O2/c7-3-1-6(5-9)2-4-8;1-3(2)4(5)6/h1-2H;1H2,2H3,(H,5,6). The van der Waals surface area contributed by atoms with Crippen molar-refractivity contribution < 1.29 is 24.3 Å². The minimum atomic E-state index is -0.935. The average Bonchev–Trinajstić information content (AvgIpc) is 2.18. The van der Waals surface area contributed by atoms with Crippen molar-refractivity contribution in [3.8, 4) is 0 Å². The first-order valence-electron chi connectivity index (χ1n) is 3.55. The summed E-state index contributed by atoms with van der Waals surface area (Å²) in [6, 6.07) is 0. The molecule has 0 fully saturated rings. The number of carbonyl (C=O) groups excluding carboxylic acids is 3. The first-order chi connectivity index (χ1) is 6.99. The second-order valence-electron chi connectivity index (χ2n) is 2.17. The van der Waals surface area contributed by atoms with E-state index in [0.29, 0.717) is 0 Å². The largest absolute Gasteiger partial charge is 0.478 e. The second-order valence-corrected chi connectivity index (χ2v) is 2.17. The van der Waals surface area contributed by atoms with Crippen molar-refractivity contribution in [2.75, 3.05) is 0 Å². The second kappa shape index (κ2) is 9.65. The van der Waals surface area contributed by atoms with Crippen molar-refractivity contribution >= 4 is 23.8 Å². The molecular weight excluding hydrogens is 200 g/mol. The molecule has 0 aliphatic rings. The van der Waals surface area contributed by atoms with Gasteiger partial charge in [-0.1, -0.05) is 6.58 Å². The van der Waals surface area contributed by atoms with E-state index >= 15 is 0 Å². The number of allylic oxidation sites excluding steroid dienone is 3. The van der Waals surface area contributed by atoms with E-state index in [4.69, 9.17) is 5.11 Å². The molecule has 0 saturated heterocycles. The van der Waals surface area contributed by atoms with E-state index < -0.39 is 5.97 Å². The van der Waals surface area contributed by atoms with Crippen LogP contribution in [0.2, 0.25) is 0 Å². The van der Waals surface area contributed by atoms with Crippen LogP contribution in [0.25, 0.3) is 0 Å². The fourth-order valence-corrected chi connectivity index (χ4v) is 0.228. The Balaban J connectivity index is 0. The van der Waals surface area contributed by atoms with Gasteiger partial charge in [-0.25, -0.2) is 19.2 Å². The summed E-state index contributed by atoms with van der Waals surface area (Å²) in [5, 5.41) is 7.89. The van der Waals surface area contributed by atoms with Gasteiger partial charge >= 0.3 is 5.97 Å². The van der Waals surface area contributed by atoms with Crippen LogP contribution in [0.1, 0.15) is 6.92 Å². The topological polar surface area (TPSA) is 88.5 Å². The quantitative estimate of drug-likeness (QED) is 0.405. The van der Waals surface area contributed by atoms with Crippen LogP contribution >= 0.6 is 0 Å². The molecule has 0 aliphatic carbocycles. The summed E-state index contributed by atoms with van der Waals surface area (Å²) in [7, 11) is 0. The SMILES string of the molecule is C=C(C)C(=O)O.O=C=CC(=C=O)C=C=O. The van der Waals surface area contributed by atoms with E-state index in [1.54, 1.807) is 0 Å². The third-order valence-electron chi connectivity index (χ3n) is 0.912. The molecule has 0 aromatic carbocycles. The van der Waals surface area contributed by atoms with Gasteiger partial charge in [0, 0.05) is 17.7 Å². The van der Waals surface area contributed by atoms with E-state index in [1.165, 1.54) is 24.7 Å². The minimum Gasteiger partial charge on any atom is -0.478 e. The Hall–Kier alpha value is -2.44. The van der Waals surface area contributed by atoms with Crippen molar-refractivity contribution in [1.82, 2.24) is 0 Å². The number of carboxylic acids is 1. The number of carbonyl (C=O) groups is 1. The van der Waals surface area contributed by atoms with Gasteiger partial charge in [0.25, 0.3) is 0 Å². The van der Waals surface area contributed by atoms with Gasteiger partial charge in [0.2, 0.25) is 0 Å². The predicted molar refractivity (Wildman–Crippen MR) is 52.2 cm³/mol. The lowest BCUT2D eigenvalue weighted by molar-refractivity contribution is -0.132. The Bertz CT molecular complexity index is 354. The van der Waals surface area contributed by atoms with E-state index in [2.05, 4.69) is 6.58 Å². The Morgan fingerprint density at radius 3 is 1.67 bits per heavy atom. The molecular formula is C10H8O5. The fraction of sp³-hybridized carbons (Fsp3) is 0.100. The van der Waals surface area contributed by atoms with Crippen LogP contribution in [0, 0.1) is 0 Å². The van der Waals surface area contributed by atoms with Gasteiger partial charge in [-0.3, -0.25) is 0 Å². The Labute approximate surface area is 85.7 Å². The summed E-state index contributed by atoms with van der Waals surface area (Å²) < 4.78 is 0. The molecule has 5 nitrogen and oxygen atoms in total. The molecule has 78 valence electrons. The van der Waals surface area contributed by atoms with Crippen LogP contribution in [0.5, 0.6) is 0 Å². The molecule has 0 atom stereocenters. The molecule has 5 heteroatoms. The van der Waals surface area contributed by atoms with E-state index in [1.807, 2.05) is 0 Å². The van der Waals surface area contributed by atoms with Crippen LogP contribution in [-0.2, 0) is 19.2 Å². The zero-order valence-electron chi connectivity index (χ0n) is 7.94. The summed E-state index contributed by atoms with van der Waals surface area (Å²) in [6.45, 7) is 4.60.